The zero-order chi connectivity index (χ0) is 19.2. The Hall–Kier alpha value is -2.35. The van der Waals surface area contributed by atoms with Gasteiger partial charge in [-0.05, 0) is 78.1 Å². The van der Waals surface area contributed by atoms with E-state index >= 15 is 0 Å². The van der Waals surface area contributed by atoms with Crippen molar-refractivity contribution in [3.8, 4) is 5.75 Å². The highest BCUT2D eigenvalue weighted by atomic mass is 16.5. The average Bonchev–Trinajstić information content (AvgIpc) is 3.42. The van der Waals surface area contributed by atoms with Crippen LogP contribution in [0.15, 0.2) is 60.9 Å². The lowest BCUT2D eigenvalue weighted by Gasteiger charge is -2.25. The third kappa shape index (κ3) is 3.23. The van der Waals surface area contributed by atoms with Crippen LogP contribution in [0, 0.1) is 23.7 Å². The van der Waals surface area contributed by atoms with Crippen molar-refractivity contribution in [2.45, 2.75) is 51.0 Å². The van der Waals surface area contributed by atoms with Crippen molar-refractivity contribution in [3.63, 3.8) is 0 Å². The average molecular weight is 384 g/mol. The van der Waals surface area contributed by atoms with E-state index in [2.05, 4.69) is 53.5 Å². The highest BCUT2D eigenvalue weighted by molar-refractivity contribution is 5.82. The first-order valence-electron chi connectivity index (χ1n) is 11.4. The van der Waals surface area contributed by atoms with Gasteiger partial charge in [0.15, 0.2) is 0 Å². The standard InChI is InChI=1S/C27H29NO/c1-2-7-26-22(4-1)15-23(14-18-12-20-5-3-6-21(20)13-18)27(26)29-25-9-8-19-10-11-28-17-24(19)16-25/h1-2,4,7-11,16-18,20-21,23,27H,3,5-6,12-15H2. The maximum Gasteiger partial charge on any atom is 0.127 e. The molecule has 3 aliphatic rings. The maximum atomic E-state index is 6.70. The van der Waals surface area contributed by atoms with Crippen LogP contribution in [0.2, 0.25) is 0 Å². The Balaban J connectivity index is 1.26. The summed E-state index contributed by atoms with van der Waals surface area (Å²) in [6.07, 6.45) is 13.8. The lowest BCUT2D eigenvalue weighted by atomic mass is 9.88. The lowest BCUT2D eigenvalue weighted by Crippen LogP contribution is -2.17. The minimum Gasteiger partial charge on any atom is -0.485 e. The number of rotatable bonds is 4. The van der Waals surface area contributed by atoms with Gasteiger partial charge in [0.05, 0.1) is 0 Å². The molecule has 0 aliphatic heterocycles. The van der Waals surface area contributed by atoms with Crippen LogP contribution in [-0.4, -0.2) is 4.98 Å². The first-order valence-corrected chi connectivity index (χ1v) is 11.4. The van der Waals surface area contributed by atoms with E-state index in [1.165, 1.54) is 61.5 Å². The topological polar surface area (TPSA) is 22.1 Å². The van der Waals surface area contributed by atoms with Crippen LogP contribution < -0.4 is 4.74 Å². The number of fused-ring (bicyclic) bond motifs is 3. The highest BCUT2D eigenvalue weighted by Gasteiger charge is 2.41. The fourth-order valence-corrected chi connectivity index (χ4v) is 6.60. The maximum absolute atomic E-state index is 6.70. The molecule has 2 saturated carbocycles. The molecule has 0 saturated heterocycles. The Morgan fingerprint density at radius 2 is 1.79 bits per heavy atom. The van der Waals surface area contributed by atoms with E-state index < -0.39 is 0 Å². The van der Waals surface area contributed by atoms with Crippen molar-refractivity contribution >= 4 is 10.8 Å². The molecule has 2 aromatic carbocycles. The SMILES string of the molecule is c1ccc2c(c1)CC(CC1CC3CCCC3C1)C2Oc1ccc2ccncc2c1. The Labute approximate surface area is 173 Å². The fourth-order valence-electron chi connectivity index (χ4n) is 6.60. The summed E-state index contributed by atoms with van der Waals surface area (Å²) in [6, 6.07) is 17.4. The number of benzene rings is 2. The second kappa shape index (κ2) is 7.16. The molecule has 1 heterocycles. The van der Waals surface area contributed by atoms with Crippen LogP contribution in [0.3, 0.4) is 0 Å². The van der Waals surface area contributed by atoms with E-state index in [1.54, 1.807) is 0 Å². The van der Waals surface area contributed by atoms with Crippen molar-refractivity contribution in [1.82, 2.24) is 4.98 Å². The number of pyridine rings is 1. The van der Waals surface area contributed by atoms with E-state index in [0.29, 0.717) is 5.92 Å². The first-order chi connectivity index (χ1) is 14.3. The number of ether oxygens (including phenoxy) is 1. The largest absolute Gasteiger partial charge is 0.485 e. The molecule has 0 N–H and O–H groups in total. The van der Waals surface area contributed by atoms with Gasteiger partial charge in [-0.3, -0.25) is 4.98 Å². The van der Waals surface area contributed by atoms with Gasteiger partial charge in [-0.25, -0.2) is 0 Å². The summed E-state index contributed by atoms with van der Waals surface area (Å²) in [4.78, 5) is 4.28. The first kappa shape index (κ1) is 17.5. The molecule has 4 unspecified atom stereocenters. The molecule has 1 aromatic heterocycles. The number of hydrogen-bond acceptors (Lipinski definition) is 2. The highest BCUT2D eigenvalue weighted by Crippen LogP contribution is 2.51. The predicted octanol–water partition coefficient (Wildman–Crippen LogP) is 6.74. The molecule has 2 fully saturated rings. The molecule has 3 aromatic rings. The van der Waals surface area contributed by atoms with Crippen molar-refractivity contribution in [2.24, 2.45) is 23.7 Å². The Morgan fingerprint density at radius 3 is 2.69 bits per heavy atom. The summed E-state index contributed by atoms with van der Waals surface area (Å²) in [5, 5.41) is 2.37. The molecular formula is C27H29NO. The molecule has 29 heavy (non-hydrogen) atoms. The molecule has 0 radical (unpaired) electrons. The molecule has 0 spiro atoms. The molecule has 6 rings (SSSR count). The van der Waals surface area contributed by atoms with E-state index in [-0.39, 0.29) is 6.10 Å². The van der Waals surface area contributed by atoms with Crippen LogP contribution in [0.25, 0.3) is 10.8 Å². The van der Waals surface area contributed by atoms with Crippen molar-refractivity contribution < 1.29 is 4.74 Å². The fraction of sp³-hybridized carbons (Fsp3) is 0.444. The zero-order valence-corrected chi connectivity index (χ0v) is 17.0. The second-order valence-corrected chi connectivity index (χ2v) is 9.61. The quantitative estimate of drug-likeness (QED) is 0.497. The molecule has 4 atom stereocenters. The summed E-state index contributed by atoms with van der Waals surface area (Å²) >= 11 is 0. The second-order valence-electron chi connectivity index (χ2n) is 9.61. The predicted molar refractivity (Wildman–Crippen MR) is 117 cm³/mol. The molecule has 2 heteroatoms. The summed E-state index contributed by atoms with van der Waals surface area (Å²) in [6.45, 7) is 0. The summed E-state index contributed by atoms with van der Waals surface area (Å²) in [7, 11) is 0. The van der Waals surface area contributed by atoms with Crippen molar-refractivity contribution in [3.05, 3.63) is 72.1 Å². The minimum atomic E-state index is 0.181. The third-order valence-electron chi connectivity index (χ3n) is 7.87. The van der Waals surface area contributed by atoms with Crippen molar-refractivity contribution in [1.29, 1.82) is 0 Å². The molecule has 148 valence electrons. The van der Waals surface area contributed by atoms with Gasteiger partial charge >= 0.3 is 0 Å². The summed E-state index contributed by atoms with van der Waals surface area (Å²) in [5.74, 6) is 4.52. The third-order valence-corrected chi connectivity index (χ3v) is 7.87. The van der Waals surface area contributed by atoms with Gasteiger partial charge in [0.25, 0.3) is 0 Å². The van der Waals surface area contributed by atoms with Crippen LogP contribution in [0.1, 0.15) is 55.8 Å². The summed E-state index contributed by atoms with van der Waals surface area (Å²) in [5.41, 5.74) is 2.89. The molecule has 0 bridgehead atoms. The number of nitrogens with zero attached hydrogens (tertiary/aromatic N) is 1. The molecular weight excluding hydrogens is 354 g/mol. The lowest BCUT2D eigenvalue weighted by molar-refractivity contribution is 0.130. The molecule has 3 aliphatic carbocycles. The van der Waals surface area contributed by atoms with E-state index in [9.17, 15) is 0 Å². The van der Waals surface area contributed by atoms with Gasteiger partial charge in [-0.2, -0.15) is 0 Å². The van der Waals surface area contributed by atoms with Gasteiger partial charge in [-0.1, -0.05) is 49.6 Å². The van der Waals surface area contributed by atoms with Gasteiger partial charge in [0.2, 0.25) is 0 Å². The van der Waals surface area contributed by atoms with Gasteiger partial charge in [0, 0.05) is 23.7 Å². The monoisotopic (exact) mass is 383 g/mol. The van der Waals surface area contributed by atoms with Crippen LogP contribution >= 0.6 is 0 Å². The van der Waals surface area contributed by atoms with Crippen LogP contribution in [-0.2, 0) is 6.42 Å². The molecule has 2 nitrogen and oxygen atoms in total. The van der Waals surface area contributed by atoms with E-state index in [0.717, 1.165) is 28.9 Å². The molecule has 0 amide bonds. The van der Waals surface area contributed by atoms with E-state index in [1.807, 2.05) is 12.4 Å². The Bertz CT molecular complexity index is 1020. The zero-order valence-electron chi connectivity index (χ0n) is 17.0. The Kier molecular flexibility index (Phi) is 4.32. The van der Waals surface area contributed by atoms with E-state index in [4.69, 9.17) is 4.74 Å². The number of hydrogen-bond donors (Lipinski definition) is 0. The van der Waals surface area contributed by atoms with Gasteiger partial charge in [0.1, 0.15) is 11.9 Å². The summed E-state index contributed by atoms with van der Waals surface area (Å²) < 4.78 is 6.70. The number of aromatic nitrogens is 1. The van der Waals surface area contributed by atoms with Gasteiger partial charge in [-0.15, -0.1) is 0 Å². The van der Waals surface area contributed by atoms with Crippen molar-refractivity contribution in [2.75, 3.05) is 0 Å². The van der Waals surface area contributed by atoms with Crippen LogP contribution in [0.4, 0.5) is 0 Å². The van der Waals surface area contributed by atoms with Gasteiger partial charge < -0.3 is 4.74 Å². The minimum absolute atomic E-state index is 0.181. The van der Waals surface area contributed by atoms with Crippen LogP contribution in [0.5, 0.6) is 5.75 Å². The Morgan fingerprint density at radius 1 is 0.931 bits per heavy atom. The smallest absolute Gasteiger partial charge is 0.127 e. The normalized spacial score (nSPS) is 30.4.